The normalized spacial score (nSPS) is 25.3. The minimum Gasteiger partial charge on any atom is -0.477 e. The number of carboxylic acids is 1. The van der Waals surface area contributed by atoms with E-state index in [1.807, 2.05) is 65.1 Å². The number of carbonyl (C=O) groups is 4. The van der Waals surface area contributed by atoms with Crippen LogP contribution in [0.2, 0.25) is 0 Å². The van der Waals surface area contributed by atoms with E-state index in [0.29, 0.717) is 56.8 Å². The summed E-state index contributed by atoms with van der Waals surface area (Å²) in [5.41, 5.74) is -0.152. The Balaban J connectivity index is 0.000000516. The lowest BCUT2D eigenvalue weighted by Crippen LogP contribution is -2.57. The Kier molecular flexibility index (Phi) is 30.4. The summed E-state index contributed by atoms with van der Waals surface area (Å²) in [7, 11) is 7.33. The van der Waals surface area contributed by atoms with Crippen LogP contribution in [-0.4, -0.2) is 193 Å². The highest BCUT2D eigenvalue weighted by Gasteiger charge is 2.48. The van der Waals surface area contributed by atoms with Crippen LogP contribution in [0.5, 0.6) is 0 Å². The Morgan fingerprint density at radius 2 is 1.64 bits per heavy atom. The highest BCUT2D eigenvalue weighted by molar-refractivity contribution is 5.95. The van der Waals surface area contributed by atoms with Gasteiger partial charge in [-0.3, -0.25) is 14.4 Å². The monoisotopic (exact) mass is 1140 g/mol. The number of carbonyl (C=O) groups excluding carboxylic acids is 3. The molecule has 21 nitrogen and oxygen atoms in total. The van der Waals surface area contributed by atoms with Gasteiger partial charge in [0.05, 0.1) is 48.4 Å². The number of aromatic carboxylic acids is 1. The Morgan fingerprint density at radius 3 is 2.20 bits per heavy atom. The number of anilines is 1. The molecule has 0 aliphatic carbocycles. The van der Waals surface area contributed by atoms with Gasteiger partial charge in [0.15, 0.2) is 6.29 Å². The third kappa shape index (κ3) is 19.5. The molecule has 8 N–H and O–H groups in total. The average Bonchev–Trinajstić information content (AvgIpc) is 3.56. The van der Waals surface area contributed by atoms with Crippen LogP contribution in [0.4, 0.5) is 5.69 Å². The van der Waals surface area contributed by atoms with Crippen LogP contribution in [0.1, 0.15) is 150 Å². The van der Waals surface area contributed by atoms with Crippen molar-refractivity contribution < 1.29 is 78.2 Å². The molecule has 2 fully saturated rings. The number of aryl methyl sites for hydroxylation is 1. The lowest BCUT2D eigenvalue weighted by molar-refractivity contribution is -0.291. The first-order valence-corrected chi connectivity index (χ1v) is 28.5. The van der Waals surface area contributed by atoms with Crippen molar-refractivity contribution in [2.24, 2.45) is 29.1 Å². The van der Waals surface area contributed by atoms with Gasteiger partial charge < -0.3 is 84.0 Å². The number of carboxylic acid groups (broad SMARTS) is 1. The number of hydrogen-bond acceptors (Lipinski definition) is 19. The van der Waals surface area contributed by atoms with Crippen LogP contribution >= 0.6 is 0 Å². The van der Waals surface area contributed by atoms with Crippen molar-refractivity contribution in [1.29, 1.82) is 0 Å². The zero-order chi connectivity index (χ0) is 61.0. The Bertz CT molecular complexity index is 2260. The molecule has 1 aromatic heterocycles. The van der Waals surface area contributed by atoms with Crippen LogP contribution in [0, 0.1) is 29.1 Å². The topological polar surface area (TPSA) is 294 Å². The van der Waals surface area contributed by atoms with E-state index in [0.717, 1.165) is 63.0 Å². The number of benzene rings is 1. The zero-order valence-corrected chi connectivity index (χ0v) is 51.0. The number of aromatic nitrogens is 1. The number of aliphatic hydroxyl groups excluding tert-OH is 4. The number of methoxy groups -OCH3 is 1. The number of nitrogens with one attached hydrogen (secondary N) is 2. The molecule has 4 heterocycles. The smallest absolute Gasteiger partial charge is 0.341 e. The van der Waals surface area contributed by atoms with Gasteiger partial charge in [0.1, 0.15) is 35.8 Å². The molecule has 80 heavy (non-hydrogen) atoms. The first-order valence-electron chi connectivity index (χ1n) is 28.5. The quantitative estimate of drug-likeness (QED) is 0.0353. The fourth-order valence-electron chi connectivity index (χ4n) is 11.4. The zero-order valence-electron chi connectivity index (χ0n) is 51.0. The summed E-state index contributed by atoms with van der Waals surface area (Å²) in [5.74, 6) is -3.10. The van der Waals surface area contributed by atoms with E-state index in [4.69, 9.17) is 38.6 Å². The predicted molar refractivity (Wildman–Crippen MR) is 307 cm³/mol. The number of ether oxygens (including phenoxy) is 6. The van der Waals surface area contributed by atoms with E-state index < -0.39 is 77.0 Å². The van der Waals surface area contributed by atoms with Crippen LogP contribution in [-0.2, 0) is 49.2 Å². The molecule has 0 saturated carbocycles. The van der Waals surface area contributed by atoms with E-state index in [-0.39, 0.29) is 54.3 Å². The molecule has 3 aliphatic rings. The van der Waals surface area contributed by atoms with Gasteiger partial charge >= 0.3 is 17.9 Å². The van der Waals surface area contributed by atoms with Crippen molar-refractivity contribution in [3.05, 3.63) is 39.7 Å². The van der Waals surface area contributed by atoms with Crippen molar-refractivity contribution >= 4 is 40.8 Å². The molecule has 1 aromatic carbocycles. The van der Waals surface area contributed by atoms with Gasteiger partial charge in [-0.05, 0) is 130 Å². The van der Waals surface area contributed by atoms with Gasteiger partial charge in [-0.25, -0.2) is 4.79 Å². The number of hydrogen-bond donors (Lipinski definition) is 8. The number of pyridine rings is 1. The highest BCUT2D eigenvalue weighted by Crippen LogP contribution is 2.41. The van der Waals surface area contributed by atoms with Crippen molar-refractivity contribution in [3.63, 3.8) is 0 Å². The summed E-state index contributed by atoms with van der Waals surface area (Å²) in [5, 5.41) is 62.5. The van der Waals surface area contributed by atoms with Crippen LogP contribution < -0.4 is 16.1 Å². The first kappa shape index (κ1) is 72.0. The summed E-state index contributed by atoms with van der Waals surface area (Å²) < 4.78 is 37.5. The Hall–Kier alpha value is -4.13. The fraction of sp³-hybridized carbons (Fsp3) is 0.780. The van der Waals surface area contributed by atoms with Gasteiger partial charge in [0.25, 0.3) is 0 Å². The second-order valence-corrected chi connectivity index (χ2v) is 23.1. The highest BCUT2D eigenvalue weighted by atomic mass is 16.7. The Morgan fingerprint density at radius 1 is 0.988 bits per heavy atom. The van der Waals surface area contributed by atoms with Crippen molar-refractivity contribution in [2.45, 2.75) is 207 Å². The minimum absolute atomic E-state index is 0.0785. The largest absolute Gasteiger partial charge is 0.477 e. The molecule has 460 valence electrons. The van der Waals surface area contributed by atoms with Crippen LogP contribution in [0.25, 0.3) is 10.9 Å². The number of nitrogens with zero attached hydrogens (tertiary/aromatic N) is 2. The van der Waals surface area contributed by atoms with Crippen molar-refractivity contribution in [3.8, 4) is 0 Å². The molecular weight excluding hydrogens is 1040 g/mol. The third-order valence-electron chi connectivity index (χ3n) is 16.0. The van der Waals surface area contributed by atoms with Gasteiger partial charge in [0.2, 0.25) is 5.43 Å². The van der Waals surface area contributed by atoms with Gasteiger partial charge in [-0.1, -0.05) is 41.5 Å². The number of likely N-dealkylation sites (N-methyl/N-ethyl adjacent to an activating group) is 1. The van der Waals surface area contributed by atoms with Gasteiger partial charge in [0, 0.05) is 88.8 Å². The molecule has 0 amide bonds. The lowest BCUT2D eigenvalue weighted by atomic mass is 9.71. The van der Waals surface area contributed by atoms with Crippen molar-refractivity contribution in [2.75, 3.05) is 67.0 Å². The molecule has 0 radical (unpaired) electrons. The predicted octanol–water partition coefficient (Wildman–Crippen LogP) is 5.35. The standard InChI is InChI=1S/C30H57NO9.C27H37N3O6.2CH4O/c1-13-23(30(9,36)21(6)33)39-27(35)20(5)25(37-12)19(4)26(29(7,8)15-17(2)16-32)40-28-24(34)22(31(10)11)14-18(3)38-28;1-16-8-12-35-18(3)26(16)36-23(31)7-9-28-10-11-29-20-13-19-6-4-5-17(2)30-15-22(27(33)34)25(32)21(14-20)24(19)30;2*1-2/h16-26,28,33-34,36H,13-15H2,1-12H3;13-18,26,28-29H,4-12H2,1-3H3,(H,33,34);2*2H,1H3/t17-,18?,19+,20?,21-,22?,23-,24-,25+,26-,28?,30+;16?,17?,18?,26-;;/m11../s1. The molecule has 21 heteroatoms. The number of esters is 2. The summed E-state index contributed by atoms with van der Waals surface area (Å²) in [6.07, 6.45) is 2.29. The third-order valence-corrected chi connectivity index (χ3v) is 16.0. The summed E-state index contributed by atoms with van der Waals surface area (Å²) in [6.45, 7) is 24.6. The van der Waals surface area contributed by atoms with Gasteiger partial charge in [-0.2, -0.15) is 0 Å². The maximum atomic E-state index is 13.3. The second kappa shape index (κ2) is 33.8. The minimum atomic E-state index is -1.62. The number of rotatable bonds is 25. The van der Waals surface area contributed by atoms with E-state index >= 15 is 0 Å². The molecule has 2 saturated heterocycles. The Labute approximate surface area is 475 Å². The molecule has 3 aliphatic heterocycles. The average molecular weight is 1140 g/mol. The summed E-state index contributed by atoms with van der Waals surface area (Å²) in [4.78, 5) is 63.8. The first-order chi connectivity index (χ1) is 37.6. The van der Waals surface area contributed by atoms with Crippen molar-refractivity contribution in [1.82, 2.24) is 14.8 Å². The second-order valence-electron chi connectivity index (χ2n) is 23.1. The van der Waals surface area contributed by atoms with E-state index in [9.17, 15) is 44.4 Å². The molecule has 0 bridgehead atoms. The maximum absolute atomic E-state index is 13.3. The molecule has 16 atom stereocenters. The molecule has 2 aromatic rings. The number of aldehydes is 1. The summed E-state index contributed by atoms with van der Waals surface area (Å²) in [6, 6.07) is 3.78. The van der Waals surface area contributed by atoms with Crippen LogP contribution in [0.3, 0.4) is 0 Å². The maximum Gasteiger partial charge on any atom is 0.341 e. The number of aliphatic hydroxyl groups is 5. The molecule has 5 rings (SSSR count). The molecular formula is C59H102N4O17. The van der Waals surface area contributed by atoms with E-state index in [1.54, 1.807) is 19.9 Å². The van der Waals surface area contributed by atoms with E-state index in [1.165, 1.54) is 27.2 Å². The summed E-state index contributed by atoms with van der Waals surface area (Å²) >= 11 is 0. The SMILES string of the molecule is CC1CCOC(C)[C@@H]1OC(=O)CCNCCNc1cc2c3c(c1)c(=O)c(C(=O)O)cn3C(C)CCC2.CC[C@@H](OC(=O)C(C)[C@@H](OC)[C@H](C)[C@@H](OC1OC(C)CC(N(C)C)[C@H]1O)C(C)(C)C[C@@H](C)C=O)[C@@](C)(O)[C@@H](C)O.CO.CO. The van der Waals surface area contributed by atoms with Gasteiger partial charge in [-0.15, -0.1) is 0 Å². The lowest BCUT2D eigenvalue weighted by Gasteiger charge is -2.47. The molecule has 7 unspecified atom stereocenters. The fourth-order valence-corrected chi connectivity index (χ4v) is 11.4. The van der Waals surface area contributed by atoms with Crippen LogP contribution in [0.15, 0.2) is 23.1 Å². The van der Waals surface area contributed by atoms with E-state index in [2.05, 4.69) is 30.5 Å². The molecule has 0 spiro atoms.